The van der Waals surface area contributed by atoms with Gasteiger partial charge in [-0.2, -0.15) is 5.26 Å². The molecule has 0 aromatic heterocycles. The van der Waals surface area contributed by atoms with Gasteiger partial charge in [0.15, 0.2) is 0 Å². The number of carbonyl (C=O) groups is 1. The summed E-state index contributed by atoms with van der Waals surface area (Å²) in [6.07, 6.45) is 2.37. The molecule has 1 saturated heterocycles. The van der Waals surface area contributed by atoms with Gasteiger partial charge in [0.05, 0.1) is 6.07 Å². The Balaban J connectivity index is 1.88. The van der Waals surface area contributed by atoms with E-state index in [4.69, 9.17) is 21.6 Å². The van der Waals surface area contributed by atoms with Gasteiger partial charge in [0.2, 0.25) is 5.91 Å². The number of hydrogen-bond donors (Lipinski definition) is 1. The van der Waals surface area contributed by atoms with Crippen LogP contribution < -0.4 is 10.1 Å². The van der Waals surface area contributed by atoms with Gasteiger partial charge in [-0.05, 0) is 44.1 Å². The Morgan fingerprint density at radius 2 is 2.18 bits per heavy atom. The van der Waals surface area contributed by atoms with Gasteiger partial charge in [0, 0.05) is 23.7 Å². The molecule has 1 aromatic carbocycles. The van der Waals surface area contributed by atoms with Crippen molar-refractivity contribution in [3.05, 3.63) is 28.8 Å². The van der Waals surface area contributed by atoms with E-state index >= 15 is 0 Å². The predicted molar refractivity (Wildman–Crippen MR) is 84.7 cm³/mol. The maximum absolute atomic E-state index is 11.4. The van der Waals surface area contributed by atoms with Gasteiger partial charge in [-0.25, -0.2) is 0 Å². The van der Waals surface area contributed by atoms with E-state index in [9.17, 15) is 4.79 Å². The van der Waals surface area contributed by atoms with E-state index in [1.165, 1.54) is 12.8 Å². The molecule has 22 heavy (non-hydrogen) atoms. The van der Waals surface area contributed by atoms with E-state index in [0.717, 1.165) is 30.9 Å². The molecular formula is C16H20ClN3O2. The van der Waals surface area contributed by atoms with E-state index < -0.39 is 0 Å². The number of nitriles is 1. The van der Waals surface area contributed by atoms with Crippen LogP contribution in [0.2, 0.25) is 5.02 Å². The number of carbonyl (C=O) groups excluding carboxylic acids is 1. The molecule has 0 aliphatic carbocycles. The molecule has 6 heteroatoms. The molecule has 0 unspecified atom stereocenters. The van der Waals surface area contributed by atoms with Gasteiger partial charge in [0.25, 0.3) is 0 Å². The Kier molecular flexibility index (Phi) is 6.50. The number of amides is 1. The van der Waals surface area contributed by atoms with E-state index in [0.29, 0.717) is 18.2 Å². The summed E-state index contributed by atoms with van der Waals surface area (Å²) in [5.41, 5.74) is 0.820. The highest BCUT2D eigenvalue weighted by atomic mass is 35.5. The zero-order valence-electron chi connectivity index (χ0n) is 12.5. The van der Waals surface area contributed by atoms with Gasteiger partial charge in [-0.3, -0.25) is 9.69 Å². The second-order valence-electron chi connectivity index (χ2n) is 5.26. The smallest absolute Gasteiger partial charge is 0.234 e. The summed E-state index contributed by atoms with van der Waals surface area (Å²) in [5, 5.41) is 11.8. The summed E-state index contributed by atoms with van der Waals surface area (Å²) in [6, 6.07) is 7.19. The van der Waals surface area contributed by atoms with Crippen molar-refractivity contribution in [3.63, 3.8) is 0 Å². The van der Waals surface area contributed by atoms with Crippen molar-refractivity contribution < 1.29 is 9.53 Å². The molecule has 1 fully saturated rings. The van der Waals surface area contributed by atoms with Crippen LogP contribution in [0.15, 0.2) is 18.2 Å². The average Bonchev–Trinajstić information content (AvgIpc) is 3.00. The Bertz CT molecular complexity index is 551. The van der Waals surface area contributed by atoms with Gasteiger partial charge < -0.3 is 10.1 Å². The zero-order valence-corrected chi connectivity index (χ0v) is 13.2. The molecule has 1 aliphatic rings. The van der Waals surface area contributed by atoms with Crippen LogP contribution in [0.1, 0.15) is 24.8 Å². The third-order valence-electron chi connectivity index (χ3n) is 3.60. The van der Waals surface area contributed by atoms with Crippen molar-refractivity contribution in [1.29, 1.82) is 5.26 Å². The van der Waals surface area contributed by atoms with Gasteiger partial charge in [0.1, 0.15) is 18.8 Å². The summed E-state index contributed by atoms with van der Waals surface area (Å²) >= 11 is 6.00. The standard InChI is InChI=1S/C16H20ClN3O2/c17-14-3-4-15(22-10-9-20-7-1-2-8-20)13(11-14)12-19-16(21)5-6-18/h3-4,11H,1-2,5,7-10,12H2,(H,19,21). The van der Waals surface area contributed by atoms with Crippen LogP contribution in [0, 0.1) is 11.3 Å². The molecule has 1 heterocycles. The topological polar surface area (TPSA) is 65.4 Å². The second-order valence-corrected chi connectivity index (χ2v) is 5.70. The zero-order chi connectivity index (χ0) is 15.8. The summed E-state index contributed by atoms with van der Waals surface area (Å²) in [7, 11) is 0. The molecule has 0 atom stereocenters. The van der Waals surface area contributed by atoms with Crippen molar-refractivity contribution in [2.24, 2.45) is 0 Å². The number of hydrogen-bond acceptors (Lipinski definition) is 4. The average molecular weight is 322 g/mol. The number of rotatable bonds is 7. The van der Waals surface area contributed by atoms with Crippen molar-refractivity contribution >= 4 is 17.5 Å². The number of nitrogens with one attached hydrogen (secondary N) is 1. The molecule has 0 radical (unpaired) electrons. The maximum atomic E-state index is 11.4. The lowest BCUT2D eigenvalue weighted by Crippen LogP contribution is -2.26. The first-order valence-corrected chi connectivity index (χ1v) is 7.84. The summed E-state index contributed by atoms with van der Waals surface area (Å²) in [5.74, 6) is 0.423. The van der Waals surface area contributed by atoms with E-state index in [1.54, 1.807) is 12.1 Å². The molecular weight excluding hydrogens is 302 g/mol. The van der Waals surface area contributed by atoms with Crippen LogP contribution >= 0.6 is 11.6 Å². The Morgan fingerprint density at radius 3 is 2.91 bits per heavy atom. The molecule has 1 aliphatic heterocycles. The quantitative estimate of drug-likeness (QED) is 0.837. The minimum atomic E-state index is -0.300. The molecule has 118 valence electrons. The number of ether oxygens (including phenoxy) is 1. The number of halogens is 1. The highest BCUT2D eigenvalue weighted by Crippen LogP contribution is 2.23. The van der Waals surface area contributed by atoms with Crippen molar-refractivity contribution in [2.75, 3.05) is 26.2 Å². The lowest BCUT2D eigenvalue weighted by atomic mass is 10.2. The molecule has 0 bridgehead atoms. The molecule has 2 rings (SSSR count). The number of benzene rings is 1. The molecule has 0 spiro atoms. The van der Waals surface area contributed by atoms with Crippen LogP contribution in [-0.2, 0) is 11.3 Å². The molecule has 1 N–H and O–H groups in total. The lowest BCUT2D eigenvalue weighted by Gasteiger charge is -2.17. The van der Waals surface area contributed by atoms with Gasteiger partial charge in [-0.1, -0.05) is 11.6 Å². The Hall–Kier alpha value is -1.77. The van der Waals surface area contributed by atoms with Crippen LogP contribution in [0.4, 0.5) is 0 Å². The minimum absolute atomic E-state index is 0.147. The fraction of sp³-hybridized carbons (Fsp3) is 0.500. The van der Waals surface area contributed by atoms with Crippen molar-refractivity contribution in [3.8, 4) is 11.8 Å². The van der Waals surface area contributed by atoms with Crippen LogP contribution in [0.25, 0.3) is 0 Å². The van der Waals surface area contributed by atoms with Crippen LogP contribution in [0.5, 0.6) is 5.75 Å². The number of likely N-dealkylation sites (tertiary alicyclic amines) is 1. The Morgan fingerprint density at radius 1 is 1.41 bits per heavy atom. The van der Waals surface area contributed by atoms with Gasteiger partial charge in [-0.15, -0.1) is 0 Å². The van der Waals surface area contributed by atoms with Crippen molar-refractivity contribution in [1.82, 2.24) is 10.2 Å². The molecule has 1 amide bonds. The molecule has 1 aromatic rings. The first-order chi connectivity index (χ1) is 10.7. The predicted octanol–water partition coefficient (Wildman–Crippen LogP) is 2.34. The SMILES string of the molecule is N#CCC(=O)NCc1cc(Cl)ccc1OCCN1CCCC1. The summed E-state index contributed by atoms with van der Waals surface area (Å²) in [4.78, 5) is 13.8. The lowest BCUT2D eigenvalue weighted by molar-refractivity contribution is -0.120. The minimum Gasteiger partial charge on any atom is -0.492 e. The van der Waals surface area contributed by atoms with E-state index in [-0.39, 0.29) is 12.3 Å². The van der Waals surface area contributed by atoms with Crippen LogP contribution in [0.3, 0.4) is 0 Å². The third-order valence-corrected chi connectivity index (χ3v) is 3.84. The fourth-order valence-corrected chi connectivity index (χ4v) is 2.64. The highest BCUT2D eigenvalue weighted by molar-refractivity contribution is 6.30. The Labute approximate surface area is 135 Å². The van der Waals surface area contributed by atoms with E-state index in [1.807, 2.05) is 12.1 Å². The largest absolute Gasteiger partial charge is 0.492 e. The second kappa shape index (κ2) is 8.62. The monoisotopic (exact) mass is 321 g/mol. The maximum Gasteiger partial charge on any atom is 0.234 e. The molecule has 0 saturated carbocycles. The fourth-order valence-electron chi connectivity index (χ4n) is 2.45. The molecule has 5 nitrogen and oxygen atoms in total. The first kappa shape index (κ1) is 16.6. The van der Waals surface area contributed by atoms with Gasteiger partial charge >= 0.3 is 0 Å². The number of nitrogens with zero attached hydrogens (tertiary/aromatic N) is 2. The summed E-state index contributed by atoms with van der Waals surface area (Å²) < 4.78 is 5.83. The third kappa shape index (κ3) is 5.21. The van der Waals surface area contributed by atoms with Crippen molar-refractivity contribution in [2.45, 2.75) is 25.8 Å². The summed E-state index contributed by atoms with van der Waals surface area (Å²) in [6.45, 7) is 4.10. The van der Waals surface area contributed by atoms with E-state index in [2.05, 4.69) is 10.2 Å². The normalized spacial score (nSPS) is 14.5. The first-order valence-electron chi connectivity index (χ1n) is 7.46. The highest BCUT2D eigenvalue weighted by Gasteiger charge is 2.12. The van der Waals surface area contributed by atoms with Crippen LogP contribution in [-0.4, -0.2) is 37.0 Å².